The fraction of sp³-hybridized carbons (Fsp3) is 0.130. The summed E-state index contributed by atoms with van der Waals surface area (Å²) in [5, 5.41) is 19.8. The van der Waals surface area contributed by atoms with E-state index < -0.39 is 17.7 Å². The Hall–Kier alpha value is -4.14. The van der Waals surface area contributed by atoms with Crippen LogP contribution < -0.4 is 4.74 Å². The number of aromatic amines is 1. The van der Waals surface area contributed by atoms with Crippen molar-refractivity contribution in [2.75, 3.05) is 0 Å². The number of aryl methyl sites for hydroxylation is 1. The number of ether oxygens (including phenoxy) is 1. The van der Waals surface area contributed by atoms with Crippen molar-refractivity contribution >= 4 is 5.52 Å². The van der Waals surface area contributed by atoms with Crippen LogP contribution in [-0.4, -0.2) is 30.0 Å². The van der Waals surface area contributed by atoms with Gasteiger partial charge in [-0.25, -0.2) is 13.3 Å². The van der Waals surface area contributed by atoms with Gasteiger partial charge in [-0.3, -0.25) is 5.10 Å². The van der Waals surface area contributed by atoms with Gasteiger partial charge in [0.15, 0.2) is 5.82 Å². The van der Waals surface area contributed by atoms with Crippen LogP contribution >= 0.6 is 0 Å². The van der Waals surface area contributed by atoms with Gasteiger partial charge in [-0.1, -0.05) is 30.3 Å². The average Bonchev–Trinajstić information content (AvgIpc) is 3.38. The molecule has 3 heterocycles. The molecule has 0 saturated heterocycles. The molecule has 3 aromatic heterocycles. The Kier molecular flexibility index (Phi) is 4.85. The van der Waals surface area contributed by atoms with Gasteiger partial charge in [0.2, 0.25) is 5.88 Å². The highest BCUT2D eigenvalue weighted by Gasteiger charge is 2.24. The number of hydrogen-bond acceptors (Lipinski definition) is 5. The molecule has 0 spiro atoms. The molecule has 0 radical (unpaired) electrons. The highest BCUT2D eigenvalue weighted by molar-refractivity contribution is 5.85. The van der Waals surface area contributed by atoms with Crippen molar-refractivity contribution in [1.82, 2.24) is 30.0 Å². The molecule has 5 aromatic rings. The van der Waals surface area contributed by atoms with E-state index in [0.29, 0.717) is 16.8 Å². The molecule has 1 atom stereocenters. The summed E-state index contributed by atoms with van der Waals surface area (Å²) in [5.41, 5.74) is 2.89. The molecule has 160 valence electrons. The molecular formula is C23H18F2N6O. The van der Waals surface area contributed by atoms with Gasteiger partial charge in [-0.15, -0.1) is 10.2 Å². The number of fused-ring (bicyclic) bond motifs is 1. The minimum atomic E-state index is -0.479. The molecule has 5 rings (SSSR count). The number of aromatic nitrogens is 6. The van der Waals surface area contributed by atoms with Crippen LogP contribution in [0.3, 0.4) is 0 Å². The van der Waals surface area contributed by atoms with Gasteiger partial charge >= 0.3 is 0 Å². The van der Waals surface area contributed by atoms with Crippen molar-refractivity contribution in [2.45, 2.75) is 20.0 Å². The lowest BCUT2D eigenvalue weighted by Crippen LogP contribution is -2.05. The molecule has 0 fully saturated rings. The molecule has 1 unspecified atom stereocenters. The van der Waals surface area contributed by atoms with E-state index in [0.717, 1.165) is 5.69 Å². The van der Waals surface area contributed by atoms with Gasteiger partial charge < -0.3 is 4.74 Å². The Labute approximate surface area is 181 Å². The highest BCUT2D eigenvalue weighted by atomic mass is 19.1. The fourth-order valence-corrected chi connectivity index (χ4v) is 3.56. The molecule has 2 aromatic carbocycles. The molecule has 1 N–H and O–H groups in total. The molecule has 0 aliphatic rings. The van der Waals surface area contributed by atoms with Gasteiger partial charge in [0.1, 0.15) is 28.9 Å². The topological polar surface area (TPSA) is 81.0 Å². The largest absolute Gasteiger partial charge is 0.467 e. The average molecular weight is 432 g/mol. The molecule has 0 bridgehead atoms. The molecule has 9 heteroatoms. The van der Waals surface area contributed by atoms with Crippen LogP contribution in [0, 0.1) is 18.6 Å². The van der Waals surface area contributed by atoms with E-state index in [-0.39, 0.29) is 22.8 Å². The first-order valence-electron chi connectivity index (χ1n) is 9.95. The van der Waals surface area contributed by atoms with Gasteiger partial charge in [-0.2, -0.15) is 10.2 Å². The summed E-state index contributed by atoms with van der Waals surface area (Å²) < 4.78 is 36.9. The second-order valence-electron chi connectivity index (χ2n) is 7.34. The first kappa shape index (κ1) is 19.8. The normalized spacial score (nSPS) is 12.2. The van der Waals surface area contributed by atoms with Crippen molar-refractivity contribution < 1.29 is 13.5 Å². The Bertz CT molecular complexity index is 1430. The van der Waals surface area contributed by atoms with Crippen LogP contribution in [0.4, 0.5) is 8.78 Å². The van der Waals surface area contributed by atoms with Crippen LogP contribution in [0.25, 0.3) is 28.0 Å². The zero-order chi connectivity index (χ0) is 22.2. The summed E-state index contributed by atoms with van der Waals surface area (Å²) >= 11 is 0. The third-order valence-corrected chi connectivity index (χ3v) is 5.11. The van der Waals surface area contributed by atoms with Gasteiger partial charge in [-0.05, 0) is 38.1 Å². The van der Waals surface area contributed by atoms with Gasteiger partial charge in [0.05, 0.1) is 17.3 Å². The van der Waals surface area contributed by atoms with Gasteiger partial charge in [0.25, 0.3) is 0 Å². The zero-order valence-corrected chi connectivity index (χ0v) is 17.3. The Balaban J connectivity index is 1.73. The van der Waals surface area contributed by atoms with Gasteiger partial charge in [0, 0.05) is 11.3 Å². The van der Waals surface area contributed by atoms with Crippen molar-refractivity contribution in [3.63, 3.8) is 0 Å². The van der Waals surface area contributed by atoms with Crippen molar-refractivity contribution in [3.05, 3.63) is 83.8 Å². The number of benzene rings is 2. The summed E-state index contributed by atoms with van der Waals surface area (Å²) in [6, 6.07) is 14.4. The lowest BCUT2D eigenvalue weighted by atomic mass is 10.1. The molecule has 0 aliphatic carbocycles. The Morgan fingerprint density at radius 1 is 1.00 bits per heavy atom. The van der Waals surface area contributed by atoms with E-state index in [1.807, 2.05) is 19.9 Å². The summed E-state index contributed by atoms with van der Waals surface area (Å²) in [7, 11) is 0. The summed E-state index contributed by atoms with van der Waals surface area (Å²) in [4.78, 5) is 0. The van der Waals surface area contributed by atoms with Crippen LogP contribution in [0.5, 0.6) is 5.88 Å². The number of hydrogen-bond donors (Lipinski definition) is 1. The standard InChI is InChI=1S/C23H18F2N6O/c1-13-11-19(28-27-13)14(2)32-23-21(15-7-3-5-9-17(15)24)20-12-26-29-22(31(20)30-23)16-8-4-6-10-18(16)25/h3-12,14H,1-2H3,(H,27,28). The maximum atomic E-state index is 14.8. The molecule has 0 saturated carbocycles. The second kappa shape index (κ2) is 7.84. The SMILES string of the molecule is Cc1cc(C(C)Oc2nn3c(-c4ccccc4F)nncc3c2-c2ccccc2F)n[nH]1. The quantitative estimate of drug-likeness (QED) is 0.427. The molecule has 32 heavy (non-hydrogen) atoms. The monoisotopic (exact) mass is 432 g/mol. The smallest absolute Gasteiger partial charge is 0.242 e. The lowest BCUT2D eigenvalue weighted by molar-refractivity contribution is 0.212. The number of nitrogens with one attached hydrogen (secondary N) is 1. The fourth-order valence-electron chi connectivity index (χ4n) is 3.56. The minimum Gasteiger partial charge on any atom is -0.467 e. The molecule has 7 nitrogen and oxygen atoms in total. The predicted molar refractivity (Wildman–Crippen MR) is 114 cm³/mol. The zero-order valence-electron chi connectivity index (χ0n) is 17.3. The maximum absolute atomic E-state index is 14.8. The van der Waals surface area contributed by atoms with E-state index in [4.69, 9.17) is 4.74 Å². The van der Waals surface area contributed by atoms with E-state index >= 15 is 0 Å². The lowest BCUT2D eigenvalue weighted by Gasteiger charge is -2.12. The van der Waals surface area contributed by atoms with Crippen LogP contribution in [0.1, 0.15) is 24.4 Å². The van der Waals surface area contributed by atoms with E-state index in [2.05, 4.69) is 25.5 Å². The Morgan fingerprint density at radius 2 is 1.69 bits per heavy atom. The third-order valence-electron chi connectivity index (χ3n) is 5.11. The number of H-pyrrole nitrogens is 1. The first-order valence-corrected chi connectivity index (χ1v) is 9.95. The first-order chi connectivity index (χ1) is 15.5. The number of nitrogens with zero attached hydrogens (tertiary/aromatic N) is 5. The van der Waals surface area contributed by atoms with Crippen molar-refractivity contribution in [3.8, 4) is 28.4 Å². The summed E-state index contributed by atoms with van der Waals surface area (Å²) in [5.74, 6) is -0.577. The molecular weight excluding hydrogens is 414 g/mol. The molecule has 0 aliphatic heterocycles. The van der Waals surface area contributed by atoms with Crippen LogP contribution in [0.2, 0.25) is 0 Å². The minimum absolute atomic E-state index is 0.163. The van der Waals surface area contributed by atoms with Crippen molar-refractivity contribution in [1.29, 1.82) is 0 Å². The second-order valence-corrected chi connectivity index (χ2v) is 7.34. The van der Waals surface area contributed by atoms with E-state index in [1.165, 1.54) is 22.8 Å². The number of halogens is 2. The predicted octanol–water partition coefficient (Wildman–Crippen LogP) is 4.91. The number of rotatable bonds is 5. The highest BCUT2D eigenvalue weighted by Crippen LogP contribution is 2.38. The van der Waals surface area contributed by atoms with E-state index in [1.54, 1.807) is 36.4 Å². The summed E-state index contributed by atoms with van der Waals surface area (Å²) in [6.07, 6.45) is 0.975. The van der Waals surface area contributed by atoms with Crippen LogP contribution in [0.15, 0.2) is 60.8 Å². The Morgan fingerprint density at radius 3 is 2.34 bits per heavy atom. The maximum Gasteiger partial charge on any atom is 0.242 e. The van der Waals surface area contributed by atoms with Crippen LogP contribution in [-0.2, 0) is 0 Å². The van der Waals surface area contributed by atoms with E-state index in [9.17, 15) is 8.78 Å². The summed E-state index contributed by atoms with van der Waals surface area (Å²) in [6.45, 7) is 3.70. The third kappa shape index (κ3) is 3.37. The van der Waals surface area contributed by atoms with Crippen molar-refractivity contribution in [2.24, 2.45) is 0 Å². The molecule has 0 amide bonds.